The van der Waals surface area contributed by atoms with Crippen LogP contribution >= 0.6 is 23.2 Å². The number of β-amino-alcohol motifs (C(OH)–C–C–N with tert-alkyl or cyclic N) is 1. The highest BCUT2D eigenvalue weighted by atomic mass is 35.5. The van der Waals surface area contributed by atoms with Crippen molar-refractivity contribution >= 4 is 28.9 Å². The summed E-state index contributed by atoms with van der Waals surface area (Å²) in [6.07, 6.45) is 0.631. The first kappa shape index (κ1) is 15.2. The summed E-state index contributed by atoms with van der Waals surface area (Å²) in [5.74, 6) is 0. The third kappa shape index (κ3) is 2.78. The van der Waals surface area contributed by atoms with Crippen LogP contribution in [0.2, 0.25) is 10.0 Å². The van der Waals surface area contributed by atoms with Crippen LogP contribution in [0.4, 0.5) is 5.69 Å². The van der Waals surface area contributed by atoms with Gasteiger partial charge in [0.15, 0.2) is 0 Å². The molecule has 1 heterocycles. The molecule has 1 N–H and O–H groups in total. The molecule has 1 aliphatic rings. The second-order valence-corrected chi connectivity index (χ2v) is 6.33. The van der Waals surface area contributed by atoms with E-state index >= 15 is 0 Å². The molecule has 0 bridgehead atoms. The van der Waals surface area contributed by atoms with Crippen molar-refractivity contribution in [3.63, 3.8) is 0 Å². The molecular formula is C17H14Cl2N2O. The van der Waals surface area contributed by atoms with Crippen molar-refractivity contribution < 1.29 is 5.11 Å². The molecule has 2 aromatic carbocycles. The Morgan fingerprint density at radius 3 is 2.50 bits per heavy atom. The standard InChI is InChI=1S/C17H14Cl2N2O/c18-14-4-2-13(3-5-14)17(22)7-8-21(11-17)15-6-1-12(10-20)16(19)9-15/h1-6,9,22H,7-8,11H2. The molecule has 22 heavy (non-hydrogen) atoms. The highest BCUT2D eigenvalue weighted by molar-refractivity contribution is 6.32. The van der Waals surface area contributed by atoms with E-state index in [0.29, 0.717) is 28.6 Å². The van der Waals surface area contributed by atoms with Crippen molar-refractivity contribution in [2.24, 2.45) is 0 Å². The highest BCUT2D eigenvalue weighted by Gasteiger charge is 2.37. The smallest absolute Gasteiger partial charge is 0.109 e. The average Bonchev–Trinajstić information content (AvgIpc) is 2.91. The number of benzene rings is 2. The van der Waals surface area contributed by atoms with Crippen molar-refractivity contribution in [3.8, 4) is 6.07 Å². The Balaban J connectivity index is 1.84. The molecule has 2 aromatic rings. The van der Waals surface area contributed by atoms with Gasteiger partial charge in [0.05, 0.1) is 17.1 Å². The summed E-state index contributed by atoms with van der Waals surface area (Å²) in [4.78, 5) is 2.07. The van der Waals surface area contributed by atoms with Gasteiger partial charge in [-0.1, -0.05) is 35.3 Å². The van der Waals surface area contributed by atoms with Crippen molar-refractivity contribution in [2.75, 3.05) is 18.0 Å². The first-order chi connectivity index (χ1) is 10.5. The Bertz CT molecular complexity index is 739. The zero-order chi connectivity index (χ0) is 15.7. The minimum Gasteiger partial charge on any atom is -0.383 e. The van der Waals surface area contributed by atoms with E-state index in [1.807, 2.05) is 24.3 Å². The van der Waals surface area contributed by atoms with Crippen LogP contribution in [0.15, 0.2) is 42.5 Å². The fourth-order valence-electron chi connectivity index (χ4n) is 2.80. The average molecular weight is 333 g/mol. The Morgan fingerprint density at radius 1 is 1.14 bits per heavy atom. The van der Waals surface area contributed by atoms with E-state index in [4.69, 9.17) is 28.5 Å². The Kier molecular flexibility index (Phi) is 4.01. The summed E-state index contributed by atoms with van der Waals surface area (Å²) < 4.78 is 0. The van der Waals surface area contributed by atoms with Crippen molar-refractivity contribution in [3.05, 3.63) is 63.6 Å². The molecule has 0 saturated carbocycles. The molecule has 0 radical (unpaired) electrons. The van der Waals surface area contributed by atoms with Crippen LogP contribution in [0.25, 0.3) is 0 Å². The molecule has 5 heteroatoms. The lowest BCUT2D eigenvalue weighted by molar-refractivity contribution is 0.0607. The summed E-state index contributed by atoms with van der Waals surface area (Å²) in [6.45, 7) is 1.21. The van der Waals surface area contributed by atoms with Gasteiger partial charge in [0.2, 0.25) is 0 Å². The Morgan fingerprint density at radius 2 is 1.86 bits per heavy atom. The van der Waals surface area contributed by atoms with E-state index in [9.17, 15) is 5.11 Å². The van der Waals surface area contributed by atoms with E-state index in [1.165, 1.54) is 0 Å². The van der Waals surface area contributed by atoms with Crippen molar-refractivity contribution in [1.29, 1.82) is 5.26 Å². The van der Waals surface area contributed by atoms with Crippen LogP contribution in [0.5, 0.6) is 0 Å². The van der Waals surface area contributed by atoms with E-state index in [-0.39, 0.29) is 0 Å². The monoisotopic (exact) mass is 332 g/mol. The lowest BCUT2D eigenvalue weighted by Gasteiger charge is -2.25. The summed E-state index contributed by atoms with van der Waals surface area (Å²) >= 11 is 12.0. The maximum absolute atomic E-state index is 10.9. The van der Waals surface area contributed by atoms with Crippen molar-refractivity contribution in [1.82, 2.24) is 0 Å². The number of nitrogens with zero attached hydrogens (tertiary/aromatic N) is 2. The molecule has 0 aliphatic carbocycles. The molecule has 0 aromatic heterocycles. The van der Waals surface area contributed by atoms with E-state index in [2.05, 4.69) is 4.90 Å². The van der Waals surface area contributed by atoms with Gasteiger partial charge < -0.3 is 10.0 Å². The number of hydrogen-bond acceptors (Lipinski definition) is 3. The maximum Gasteiger partial charge on any atom is 0.109 e. The first-order valence-corrected chi connectivity index (χ1v) is 7.70. The number of nitriles is 1. The minimum atomic E-state index is -0.898. The van der Waals surface area contributed by atoms with Crippen LogP contribution in [-0.4, -0.2) is 18.2 Å². The lowest BCUT2D eigenvalue weighted by atomic mass is 9.93. The molecule has 0 amide bonds. The fraction of sp³-hybridized carbons (Fsp3) is 0.235. The van der Waals surface area contributed by atoms with Crippen LogP contribution in [0.1, 0.15) is 17.5 Å². The summed E-state index contributed by atoms with van der Waals surface area (Å²) in [5, 5.41) is 20.9. The number of anilines is 1. The van der Waals surface area contributed by atoms with Gasteiger partial charge in [0.1, 0.15) is 11.7 Å². The first-order valence-electron chi connectivity index (χ1n) is 6.95. The van der Waals surface area contributed by atoms with Crippen molar-refractivity contribution in [2.45, 2.75) is 12.0 Å². The third-order valence-electron chi connectivity index (χ3n) is 4.07. The molecular weight excluding hydrogens is 319 g/mol. The number of rotatable bonds is 2. The van der Waals surface area contributed by atoms with Crippen LogP contribution < -0.4 is 4.90 Å². The zero-order valence-corrected chi connectivity index (χ0v) is 13.3. The Labute approximate surface area is 139 Å². The molecule has 1 fully saturated rings. The zero-order valence-electron chi connectivity index (χ0n) is 11.8. The molecule has 3 rings (SSSR count). The topological polar surface area (TPSA) is 47.3 Å². The predicted octanol–water partition coefficient (Wildman–Crippen LogP) is 3.96. The van der Waals surface area contributed by atoms with Crippen LogP contribution in [0.3, 0.4) is 0 Å². The number of hydrogen-bond donors (Lipinski definition) is 1. The normalized spacial score (nSPS) is 20.9. The predicted molar refractivity (Wildman–Crippen MR) is 88.3 cm³/mol. The highest BCUT2D eigenvalue weighted by Crippen LogP contribution is 2.36. The van der Waals surface area contributed by atoms with Gasteiger partial charge in [0.25, 0.3) is 0 Å². The molecule has 0 spiro atoms. The largest absolute Gasteiger partial charge is 0.383 e. The second kappa shape index (κ2) is 5.81. The second-order valence-electron chi connectivity index (χ2n) is 5.49. The third-order valence-corrected chi connectivity index (χ3v) is 4.63. The van der Waals surface area contributed by atoms with Crippen LogP contribution in [-0.2, 0) is 5.60 Å². The SMILES string of the molecule is N#Cc1ccc(N2CCC(O)(c3ccc(Cl)cc3)C2)cc1Cl. The minimum absolute atomic E-state index is 0.432. The number of aliphatic hydroxyl groups is 1. The molecule has 1 saturated heterocycles. The molecule has 3 nitrogen and oxygen atoms in total. The summed E-state index contributed by atoms with van der Waals surface area (Å²) in [5.41, 5.74) is 1.33. The van der Waals surface area contributed by atoms with E-state index < -0.39 is 5.60 Å². The molecule has 112 valence electrons. The van der Waals surface area contributed by atoms with Gasteiger partial charge in [-0.05, 0) is 42.3 Å². The summed E-state index contributed by atoms with van der Waals surface area (Å²) in [6, 6.07) is 14.7. The Hall–Kier alpha value is -1.73. The lowest BCUT2D eigenvalue weighted by Crippen LogP contribution is -2.30. The molecule has 1 unspecified atom stereocenters. The van der Waals surface area contributed by atoms with Gasteiger partial charge in [-0.3, -0.25) is 0 Å². The van der Waals surface area contributed by atoms with Gasteiger partial charge >= 0.3 is 0 Å². The van der Waals surface area contributed by atoms with Gasteiger partial charge in [-0.25, -0.2) is 0 Å². The van der Waals surface area contributed by atoms with E-state index in [1.54, 1.807) is 24.3 Å². The van der Waals surface area contributed by atoms with Gasteiger partial charge in [-0.2, -0.15) is 5.26 Å². The van der Waals surface area contributed by atoms with Gasteiger partial charge in [0, 0.05) is 17.3 Å². The maximum atomic E-state index is 10.9. The van der Waals surface area contributed by atoms with Gasteiger partial charge in [-0.15, -0.1) is 0 Å². The quantitative estimate of drug-likeness (QED) is 0.905. The summed E-state index contributed by atoms with van der Waals surface area (Å²) in [7, 11) is 0. The van der Waals surface area contributed by atoms with E-state index in [0.717, 1.165) is 17.8 Å². The number of halogens is 2. The fourth-order valence-corrected chi connectivity index (χ4v) is 3.14. The van der Waals surface area contributed by atoms with Crippen LogP contribution in [0, 0.1) is 11.3 Å². The molecule has 1 atom stereocenters. The molecule has 1 aliphatic heterocycles.